The highest BCUT2D eigenvalue weighted by molar-refractivity contribution is 9.11. The summed E-state index contributed by atoms with van der Waals surface area (Å²) < 4.78 is 1.94. The fourth-order valence-electron chi connectivity index (χ4n) is 1.44. The molecule has 2 aromatic rings. The normalized spacial score (nSPS) is 10.1. The summed E-state index contributed by atoms with van der Waals surface area (Å²) in [7, 11) is 0. The fourth-order valence-corrected chi connectivity index (χ4v) is 2.24. The molecular formula is C13H10Br2N2O. The van der Waals surface area contributed by atoms with Crippen LogP contribution < -0.4 is 5.32 Å². The molecule has 92 valence electrons. The Morgan fingerprint density at radius 1 is 1.22 bits per heavy atom. The zero-order valence-corrected chi connectivity index (χ0v) is 12.5. The van der Waals surface area contributed by atoms with E-state index in [1.807, 2.05) is 18.2 Å². The van der Waals surface area contributed by atoms with Crippen molar-refractivity contribution in [1.29, 1.82) is 0 Å². The van der Waals surface area contributed by atoms with Crippen LogP contribution in [0.3, 0.4) is 0 Å². The lowest BCUT2D eigenvalue weighted by atomic mass is 10.2. The molecule has 0 aliphatic carbocycles. The van der Waals surface area contributed by atoms with Crippen molar-refractivity contribution in [3.8, 4) is 0 Å². The van der Waals surface area contributed by atoms with Crippen LogP contribution in [0.15, 0.2) is 51.5 Å². The molecule has 3 nitrogen and oxygen atoms in total. The van der Waals surface area contributed by atoms with Crippen LogP contribution in [0.2, 0.25) is 0 Å². The molecule has 1 aromatic carbocycles. The molecule has 0 aliphatic heterocycles. The number of pyridine rings is 1. The maximum Gasteiger partial charge on any atom is 0.270 e. The van der Waals surface area contributed by atoms with Crippen LogP contribution in [0.4, 0.5) is 0 Å². The van der Waals surface area contributed by atoms with Crippen molar-refractivity contribution in [2.45, 2.75) is 6.54 Å². The Bertz CT molecular complexity index is 558. The molecule has 1 amide bonds. The third-order valence-corrected chi connectivity index (χ3v) is 3.61. The van der Waals surface area contributed by atoms with Gasteiger partial charge in [-0.2, -0.15) is 0 Å². The number of amides is 1. The van der Waals surface area contributed by atoms with Gasteiger partial charge in [0, 0.05) is 21.7 Å². The molecule has 1 N–H and O–H groups in total. The van der Waals surface area contributed by atoms with E-state index in [4.69, 9.17) is 0 Å². The third kappa shape index (κ3) is 3.40. The van der Waals surface area contributed by atoms with Crippen molar-refractivity contribution in [2.75, 3.05) is 0 Å². The molecular weight excluding hydrogens is 360 g/mol. The van der Waals surface area contributed by atoms with Crippen LogP contribution in [-0.2, 0) is 6.54 Å². The number of hydrogen-bond donors (Lipinski definition) is 1. The standard InChI is InChI=1S/C13H10Br2N2O/c14-10-4-5-11(15)9(7-10)8-17-13(18)12-3-1-2-6-16-12/h1-7H,8H2,(H,17,18). The molecule has 1 aromatic heterocycles. The van der Waals surface area contributed by atoms with Gasteiger partial charge in [0.25, 0.3) is 5.91 Å². The molecule has 0 aliphatic rings. The van der Waals surface area contributed by atoms with Gasteiger partial charge >= 0.3 is 0 Å². The Hall–Kier alpha value is -1.20. The van der Waals surface area contributed by atoms with Gasteiger partial charge in [-0.15, -0.1) is 0 Å². The first-order valence-electron chi connectivity index (χ1n) is 5.30. The molecule has 0 radical (unpaired) electrons. The van der Waals surface area contributed by atoms with Crippen molar-refractivity contribution in [3.63, 3.8) is 0 Å². The van der Waals surface area contributed by atoms with Crippen LogP contribution in [0.1, 0.15) is 16.1 Å². The summed E-state index contributed by atoms with van der Waals surface area (Å²) in [5.41, 5.74) is 1.43. The predicted molar refractivity (Wildman–Crippen MR) is 77.2 cm³/mol. The lowest BCUT2D eigenvalue weighted by molar-refractivity contribution is 0.0946. The minimum Gasteiger partial charge on any atom is -0.347 e. The highest BCUT2D eigenvalue weighted by Gasteiger charge is 2.07. The molecule has 0 bridgehead atoms. The number of benzene rings is 1. The summed E-state index contributed by atoms with van der Waals surface area (Å²) in [6.45, 7) is 0.454. The van der Waals surface area contributed by atoms with Gasteiger partial charge in [0.05, 0.1) is 0 Å². The smallest absolute Gasteiger partial charge is 0.270 e. The average Bonchev–Trinajstić information content (AvgIpc) is 2.40. The first-order chi connectivity index (χ1) is 8.66. The first-order valence-corrected chi connectivity index (χ1v) is 6.88. The molecule has 0 saturated carbocycles. The summed E-state index contributed by atoms with van der Waals surface area (Å²) in [4.78, 5) is 15.8. The Morgan fingerprint density at radius 2 is 2.06 bits per heavy atom. The quantitative estimate of drug-likeness (QED) is 0.899. The Morgan fingerprint density at radius 3 is 2.78 bits per heavy atom. The van der Waals surface area contributed by atoms with E-state index in [1.54, 1.807) is 24.4 Å². The lowest BCUT2D eigenvalue weighted by Crippen LogP contribution is -2.23. The second-order valence-corrected chi connectivity index (χ2v) is 5.40. The van der Waals surface area contributed by atoms with E-state index in [1.165, 1.54) is 0 Å². The van der Waals surface area contributed by atoms with Gasteiger partial charge in [0.1, 0.15) is 5.69 Å². The maximum atomic E-state index is 11.8. The summed E-state index contributed by atoms with van der Waals surface area (Å²) >= 11 is 6.85. The van der Waals surface area contributed by atoms with E-state index in [0.717, 1.165) is 14.5 Å². The lowest BCUT2D eigenvalue weighted by Gasteiger charge is -2.07. The van der Waals surface area contributed by atoms with Crippen LogP contribution >= 0.6 is 31.9 Å². The molecule has 2 rings (SSSR count). The number of carbonyl (C=O) groups excluding carboxylic acids is 1. The molecule has 1 heterocycles. The third-order valence-electron chi connectivity index (χ3n) is 2.34. The van der Waals surface area contributed by atoms with E-state index in [-0.39, 0.29) is 5.91 Å². The van der Waals surface area contributed by atoms with Crippen LogP contribution in [0.5, 0.6) is 0 Å². The van der Waals surface area contributed by atoms with Gasteiger partial charge in [0.15, 0.2) is 0 Å². The van der Waals surface area contributed by atoms with E-state index in [2.05, 4.69) is 42.2 Å². The predicted octanol–water partition coefficient (Wildman–Crippen LogP) is 3.54. The zero-order valence-electron chi connectivity index (χ0n) is 9.36. The van der Waals surface area contributed by atoms with Crippen molar-refractivity contribution in [1.82, 2.24) is 10.3 Å². The van der Waals surface area contributed by atoms with E-state index in [9.17, 15) is 4.79 Å². The van der Waals surface area contributed by atoms with Gasteiger partial charge in [-0.25, -0.2) is 0 Å². The van der Waals surface area contributed by atoms with Gasteiger partial charge < -0.3 is 5.32 Å². The monoisotopic (exact) mass is 368 g/mol. The Balaban J connectivity index is 2.04. The molecule has 0 spiro atoms. The van der Waals surface area contributed by atoms with E-state index >= 15 is 0 Å². The number of carbonyl (C=O) groups is 1. The zero-order chi connectivity index (χ0) is 13.0. The minimum absolute atomic E-state index is 0.178. The highest BCUT2D eigenvalue weighted by atomic mass is 79.9. The number of nitrogens with one attached hydrogen (secondary N) is 1. The summed E-state index contributed by atoms with van der Waals surface area (Å²) in [6, 6.07) is 11.1. The molecule has 0 saturated heterocycles. The second kappa shape index (κ2) is 6.11. The Labute approximate surface area is 122 Å². The van der Waals surface area contributed by atoms with Gasteiger partial charge in [-0.3, -0.25) is 9.78 Å². The molecule has 0 atom stereocenters. The number of nitrogens with zero attached hydrogens (tertiary/aromatic N) is 1. The van der Waals surface area contributed by atoms with Crippen molar-refractivity contribution in [2.24, 2.45) is 0 Å². The van der Waals surface area contributed by atoms with Crippen molar-refractivity contribution < 1.29 is 4.79 Å². The van der Waals surface area contributed by atoms with E-state index < -0.39 is 0 Å². The molecule has 5 heteroatoms. The van der Waals surface area contributed by atoms with Crippen LogP contribution in [-0.4, -0.2) is 10.9 Å². The van der Waals surface area contributed by atoms with Crippen LogP contribution in [0.25, 0.3) is 0 Å². The number of hydrogen-bond acceptors (Lipinski definition) is 2. The SMILES string of the molecule is O=C(NCc1cc(Br)ccc1Br)c1ccccn1. The van der Waals surface area contributed by atoms with Gasteiger partial charge in [-0.1, -0.05) is 37.9 Å². The van der Waals surface area contributed by atoms with Crippen LogP contribution in [0, 0.1) is 0 Å². The van der Waals surface area contributed by atoms with Gasteiger partial charge in [-0.05, 0) is 35.9 Å². The van der Waals surface area contributed by atoms with Crippen molar-refractivity contribution in [3.05, 3.63) is 62.8 Å². The summed E-state index contributed by atoms with van der Waals surface area (Å²) in [6.07, 6.45) is 1.60. The topological polar surface area (TPSA) is 42.0 Å². The maximum absolute atomic E-state index is 11.8. The fraction of sp³-hybridized carbons (Fsp3) is 0.0769. The van der Waals surface area contributed by atoms with Crippen molar-refractivity contribution >= 4 is 37.8 Å². The summed E-state index contributed by atoms with van der Waals surface area (Å²) in [5, 5.41) is 2.83. The average molecular weight is 370 g/mol. The largest absolute Gasteiger partial charge is 0.347 e. The van der Waals surface area contributed by atoms with Gasteiger partial charge in [0.2, 0.25) is 0 Å². The number of rotatable bonds is 3. The molecule has 0 fully saturated rings. The number of aromatic nitrogens is 1. The Kier molecular flexibility index (Phi) is 4.49. The summed E-state index contributed by atoms with van der Waals surface area (Å²) in [5.74, 6) is -0.178. The second-order valence-electron chi connectivity index (χ2n) is 3.63. The molecule has 0 unspecified atom stereocenters. The first kappa shape index (κ1) is 13.2. The number of halogens is 2. The molecule has 18 heavy (non-hydrogen) atoms. The highest BCUT2D eigenvalue weighted by Crippen LogP contribution is 2.21. The minimum atomic E-state index is -0.178. The van der Waals surface area contributed by atoms with E-state index in [0.29, 0.717) is 12.2 Å².